The highest BCUT2D eigenvalue weighted by Crippen LogP contribution is 2.31. The van der Waals surface area contributed by atoms with Gasteiger partial charge < -0.3 is 10.1 Å². The number of morpholine rings is 1. The summed E-state index contributed by atoms with van der Waals surface area (Å²) in [6.07, 6.45) is 1.58. The van der Waals surface area contributed by atoms with E-state index >= 15 is 0 Å². The summed E-state index contributed by atoms with van der Waals surface area (Å²) < 4.78 is 5.34. The largest absolute Gasteiger partial charge is 0.379 e. The Morgan fingerprint density at radius 3 is 2.89 bits per heavy atom. The highest BCUT2D eigenvalue weighted by atomic mass is 35.5. The number of fused-ring (bicyclic) bond motifs is 1. The molecule has 0 aromatic rings. The van der Waals surface area contributed by atoms with Crippen LogP contribution in [0.3, 0.4) is 0 Å². The molecule has 0 aromatic heterocycles. The van der Waals surface area contributed by atoms with Crippen LogP contribution in [0.25, 0.3) is 0 Å². The summed E-state index contributed by atoms with van der Waals surface area (Å²) in [5.41, 5.74) is 1.37. The van der Waals surface area contributed by atoms with E-state index in [9.17, 15) is 0 Å². The zero-order valence-electron chi connectivity index (χ0n) is 10.4. The molecule has 3 heterocycles. The average molecular weight is 302 g/mol. The molecule has 0 bridgehead atoms. The lowest BCUT2D eigenvalue weighted by molar-refractivity contribution is 0.0218. The van der Waals surface area contributed by atoms with Crippen LogP contribution in [0.15, 0.2) is 26.9 Å². The number of hydrogen-bond acceptors (Lipinski definition) is 6. The number of alkyl halides is 1. The normalized spacial score (nSPS) is 31.5. The van der Waals surface area contributed by atoms with Gasteiger partial charge in [-0.2, -0.15) is 0 Å². The maximum absolute atomic E-state index is 6.67. The van der Waals surface area contributed by atoms with E-state index in [4.69, 9.17) is 27.9 Å². The topological polar surface area (TPSA) is 61.6 Å². The van der Waals surface area contributed by atoms with Crippen molar-refractivity contribution < 1.29 is 4.74 Å². The maximum Gasteiger partial charge on any atom is 0.230 e. The molecule has 3 aliphatic heterocycles. The molecule has 0 spiro atoms. The number of rotatable bonds is 1. The monoisotopic (exact) mass is 301 g/mol. The third-order valence-electron chi connectivity index (χ3n) is 3.20. The Morgan fingerprint density at radius 2 is 2.16 bits per heavy atom. The van der Waals surface area contributed by atoms with Crippen molar-refractivity contribution in [3.05, 3.63) is 11.9 Å². The zero-order chi connectivity index (χ0) is 13.5. The van der Waals surface area contributed by atoms with Gasteiger partial charge in [0.1, 0.15) is 5.70 Å². The molecule has 1 atom stereocenters. The van der Waals surface area contributed by atoms with E-state index in [1.54, 1.807) is 6.20 Å². The molecule has 1 unspecified atom stereocenters. The fourth-order valence-corrected chi connectivity index (χ4v) is 2.61. The number of nitrogens with zero attached hydrogens (tertiary/aromatic N) is 4. The first-order valence-electron chi connectivity index (χ1n) is 5.98. The van der Waals surface area contributed by atoms with E-state index in [1.807, 2.05) is 11.8 Å². The van der Waals surface area contributed by atoms with Crippen molar-refractivity contribution in [2.75, 3.05) is 26.3 Å². The van der Waals surface area contributed by atoms with Crippen LogP contribution in [-0.2, 0) is 4.74 Å². The minimum atomic E-state index is -0.974. The van der Waals surface area contributed by atoms with Crippen molar-refractivity contribution in [2.24, 2.45) is 15.0 Å². The molecular weight excluding hydrogens is 289 g/mol. The predicted octanol–water partition coefficient (Wildman–Crippen LogP) is 1.12. The smallest absolute Gasteiger partial charge is 0.230 e. The molecule has 19 heavy (non-hydrogen) atoms. The number of nitrogens with one attached hydrogen (secondary N) is 1. The first kappa shape index (κ1) is 13.1. The average Bonchev–Trinajstić information content (AvgIpc) is 2.41. The highest BCUT2D eigenvalue weighted by Gasteiger charge is 2.42. The first-order chi connectivity index (χ1) is 9.09. The third kappa shape index (κ3) is 2.29. The molecule has 1 fully saturated rings. The summed E-state index contributed by atoms with van der Waals surface area (Å²) in [7, 11) is 0. The lowest BCUT2D eigenvalue weighted by atomic mass is 10.2. The molecule has 1 saturated heterocycles. The van der Waals surface area contributed by atoms with Gasteiger partial charge in [0.25, 0.3) is 0 Å². The van der Waals surface area contributed by atoms with Crippen molar-refractivity contribution >= 4 is 40.0 Å². The Hall–Kier alpha value is -0.950. The van der Waals surface area contributed by atoms with Gasteiger partial charge >= 0.3 is 0 Å². The fourth-order valence-electron chi connectivity index (χ4n) is 2.18. The molecule has 102 valence electrons. The summed E-state index contributed by atoms with van der Waals surface area (Å²) in [4.78, 5) is 15.0. The summed E-state index contributed by atoms with van der Waals surface area (Å²) in [6.45, 7) is 4.58. The second-order valence-electron chi connectivity index (χ2n) is 4.40. The van der Waals surface area contributed by atoms with Crippen LogP contribution in [0.5, 0.6) is 0 Å². The zero-order valence-corrected chi connectivity index (χ0v) is 11.9. The minimum Gasteiger partial charge on any atom is -0.379 e. The van der Waals surface area contributed by atoms with Gasteiger partial charge in [-0.15, -0.1) is 0 Å². The molecule has 6 nitrogen and oxygen atoms in total. The van der Waals surface area contributed by atoms with Gasteiger partial charge in [-0.1, -0.05) is 11.6 Å². The quantitative estimate of drug-likeness (QED) is 0.583. The number of amidine groups is 2. The van der Waals surface area contributed by atoms with Crippen LogP contribution >= 0.6 is 23.2 Å². The Kier molecular flexibility index (Phi) is 3.34. The number of aliphatic imine (C=N–C) groups is 3. The second-order valence-corrected chi connectivity index (χ2v) is 5.29. The van der Waals surface area contributed by atoms with Gasteiger partial charge in [0.2, 0.25) is 10.4 Å². The van der Waals surface area contributed by atoms with Crippen molar-refractivity contribution in [3.63, 3.8) is 0 Å². The lowest BCUT2D eigenvalue weighted by Crippen LogP contribution is -2.55. The van der Waals surface area contributed by atoms with E-state index in [2.05, 4.69) is 20.3 Å². The lowest BCUT2D eigenvalue weighted by Gasteiger charge is -2.40. The van der Waals surface area contributed by atoms with Crippen LogP contribution in [-0.4, -0.2) is 53.2 Å². The molecule has 0 aliphatic carbocycles. The van der Waals surface area contributed by atoms with Crippen LogP contribution in [0.4, 0.5) is 0 Å². The van der Waals surface area contributed by atoms with E-state index in [0.29, 0.717) is 37.8 Å². The van der Waals surface area contributed by atoms with E-state index in [1.165, 1.54) is 0 Å². The van der Waals surface area contributed by atoms with Gasteiger partial charge in [-0.05, 0) is 18.5 Å². The summed E-state index contributed by atoms with van der Waals surface area (Å²) in [6, 6.07) is 0. The molecule has 0 amide bonds. The van der Waals surface area contributed by atoms with Crippen molar-refractivity contribution in [1.82, 2.24) is 10.2 Å². The van der Waals surface area contributed by atoms with Gasteiger partial charge in [-0.3, -0.25) is 4.90 Å². The predicted molar refractivity (Wildman–Crippen MR) is 76.0 cm³/mol. The molecule has 1 N–H and O–H groups in total. The minimum absolute atomic E-state index is 0.262. The Labute approximate surface area is 120 Å². The van der Waals surface area contributed by atoms with Crippen molar-refractivity contribution in [1.29, 1.82) is 0 Å². The summed E-state index contributed by atoms with van der Waals surface area (Å²) >= 11 is 12.5. The maximum atomic E-state index is 6.67. The first-order valence-corrected chi connectivity index (χ1v) is 6.73. The Morgan fingerprint density at radius 1 is 1.42 bits per heavy atom. The van der Waals surface area contributed by atoms with Crippen LogP contribution in [0.2, 0.25) is 0 Å². The molecule has 8 heteroatoms. The van der Waals surface area contributed by atoms with E-state index in [0.717, 1.165) is 5.71 Å². The number of halogens is 2. The fraction of sp³-hybridized carbons (Fsp3) is 0.545. The molecule has 0 aromatic carbocycles. The van der Waals surface area contributed by atoms with Gasteiger partial charge in [-0.25, -0.2) is 15.0 Å². The van der Waals surface area contributed by atoms with E-state index < -0.39 is 5.12 Å². The number of hydrogen-bond donors (Lipinski definition) is 1. The van der Waals surface area contributed by atoms with Crippen LogP contribution in [0.1, 0.15) is 6.92 Å². The second kappa shape index (κ2) is 4.86. The Balaban J connectivity index is 1.95. The van der Waals surface area contributed by atoms with Crippen molar-refractivity contribution in [2.45, 2.75) is 12.0 Å². The Bertz CT molecular complexity index is 521. The SMILES string of the molecule is CC1=NC2=CN=C(Cl)NC2=NC1(Cl)N1CCOCC1. The van der Waals surface area contributed by atoms with Crippen LogP contribution < -0.4 is 5.32 Å². The van der Waals surface area contributed by atoms with Gasteiger partial charge in [0.15, 0.2) is 5.84 Å². The summed E-state index contributed by atoms with van der Waals surface area (Å²) in [5.74, 6) is 0.548. The third-order valence-corrected chi connectivity index (χ3v) is 3.99. The summed E-state index contributed by atoms with van der Waals surface area (Å²) in [5, 5.41) is 2.17. The van der Waals surface area contributed by atoms with Gasteiger partial charge in [0, 0.05) is 13.1 Å². The molecular formula is C11H13Cl2N5O. The van der Waals surface area contributed by atoms with Gasteiger partial charge in [0.05, 0.1) is 25.1 Å². The standard InChI is InChI=1S/C11H13Cl2N5O/c1-7-11(13,18-2-4-19-5-3-18)17-9-8(15-7)6-14-10(12)16-9/h6H,2-5H2,1H3,(H,14,16,17). The number of ether oxygens (including phenoxy) is 1. The van der Waals surface area contributed by atoms with Crippen LogP contribution in [0, 0.1) is 0 Å². The molecule has 0 saturated carbocycles. The van der Waals surface area contributed by atoms with Crippen molar-refractivity contribution in [3.8, 4) is 0 Å². The molecule has 3 aliphatic rings. The van der Waals surface area contributed by atoms with E-state index in [-0.39, 0.29) is 5.29 Å². The highest BCUT2D eigenvalue weighted by molar-refractivity contribution is 6.66. The molecule has 0 radical (unpaired) electrons. The molecule has 3 rings (SSSR count).